The van der Waals surface area contributed by atoms with Gasteiger partial charge in [0.2, 0.25) is 0 Å². The summed E-state index contributed by atoms with van der Waals surface area (Å²) in [5, 5.41) is 0. The Bertz CT molecular complexity index is 274. The van der Waals surface area contributed by atoms with Crippen molar-refractivity contribution in [3.63, 3.8) is 0 Å². The number of halogens is 1. The maximum Gasteiger partial charge on any atom is 0.146 e. The number of alkyl halides is 1. The molecule has 0 amide bonds. The van der Waals surface area contributed by atoms with Crippen LogP contribution in [0.25, 0.3) is 0 Å². The van der Waals surface area contributed by atoms with Gasteiger partial charge in [-0.3, -0.25) is 9.59 Å². The average molecular weight is 245 g/mol. The molecule has 2 aliphatic carbocycles. The van der Waals surface area contributed by atoms with Gasteiger partial charge in [-0.15, -0.1) is 0 Å². The molecule has 0 heterocycles. The van der Waals surface area contributed by atoms with Crippen LogP contribution in [0.4, 0.5) is 0 Å². The maximum absolute atomic E-state index is 11.7. The zero-order valence-corrected chi connectivity index (χ0v) is 9.26. The number of fused-ring (bicyclic) bond motifs is 1. The lowest BCUT2D eigenvalue weighted by Crippen LogP contribution is -2.42. The average Bonchev–Trinajstić information content (AvgIpc) is 2.39. The third-order valence-electron chi connectivity index (χ3n) is 3.69. The summed E-state index contributed by atoms with van der Waals surface area (Å²) in [6.45, 7) is 2.02. The van der Waals surface area contributed by atoms with E-state index in [0.717, 1.165) is 12.8 Å². The first-order valence-electron chi connectivity index (χ1n) is 4.76. The molecular weight excluding hydrogens is 232 g/mol. The number of hydrogen-bond acceptors (Lipinski definition) is 2. The molecule has 1 unspecified atom stereocenters. The van der Waals surface area contributed by atoms with Crippen LogP contribution in [0.3, 0.4) is 0 Å². The molecule has 2 aliphatic rings. The zero-order chi connectivity index (χ0) is 9.64. The van der Waals surface area contributed by atoms with Gasteiger partial charge in [0.25, 0.3) is 0 Å². The first-order chi connectivity index (χ1) is 6.05. The third kappa shape index (κ3) is 1.20. The van der Waals surface area contributed by atoms with E-state index in [2.05, 4.69) is 15.9 Å². The molecule has 2 saturated carbocycles. The van der Waals surface area contributed by atoms with Crippen LogP contribution in [0, 0.1) is 11.3 Å². The van der Waals surface area contributed by atoms with Gasteiger partial charge in [0, 0.05) is 18.3 Å². The fourth-order valence-corrected chi connectivity index (χ4v) is 3.71. The number of rotatable bonds is 0. The van der Waals surface area contributed by atoms with Gasteiger partial charge < -0.3 is 0 Å². The van der Waals surface area contributed by atoms with E-state index in [0.29, 0.717) is 18.6 Å². The molecule has 0 saturated heterocycles. The second-order valence-corrected chi connectivity index (χ2v) is 5.34. The lowest BCUT2D eigenvalue weighted by molar-refractivity contribution is -0.131. The summed E-state index contributed by atoms with van der Waals surface area (Å²) in [6, 6.07) is 0. The van der Waals surface area contributed by atoms with Crippen molar-refractivity contribution in [2.45, 2.75) is 37.4 Å². The van der Waals surface area contributed by atoms with E-state index in [1.54, 1.807) is 0 Å². The van der Waals surface area contributed by atoms with Gasteiger partial charge in [-0.1, -0.05) is 22.9 Å². The molecule has 72 valence electrons. The van der Waals surface area contributed by atoms with Gasteiger partial charge in [-0.05, 0) is 18.8 Å². The third-order valence-corrected chi connectivity index (χ3v) is 4.84. The largest absolute Gasteiger partial charge is 0.299 e. The van der Waals surface area contributed by atoms with E-state index in [1.807, 2.05) is 6.92 Å². The molecule has 0 radical (unpaired) electrons. The van der Waals surface area contributed by atoms with Crippen LogP contribution >= 0.6 is 15.9 Å². The number of Topliss-reactive ketones (excluding diaryl/α,β-unsaturated/α-hetero) is 2. The molecule has 0 aliphatic heterocycles. The van der Waals surface area contributed by atoms with Gasteiger partial charge in [0.15, 0.2) is 0 Å². The molecular formula is C10H13BrO2. The van der Waals surface area contributed by atoms with Crippen molar-refractivity contribution in [2.24, 2.45) is 11.3 Å². The van der Waals surface area contributed by atoms with Crippen LogP contribution in [-0.4, -0.2) is 16.4 Å². The van der Waals surface area contributed by atoms with Gasteiger partial charge in [0.05, 0.1) is 4.83 Å². The van der Waals surface area contributed by atoms with Crippen LogP contribution in [0.1, 0.15) is 32.6 Å². The molecule has 0 aromatic rings. The highest BCUT2D eigenvalue weighted by atomic mass is 79.9. The molecule has 0 N–H and O–H groups in total. The number of hydrogen-bond donors (Lipinski definition) is 0. The van der Waals surface area contributed by atoms with E-state index in [-0.39, 0.29) is 21.9 Å². The second kappa shape index (κ2) is 2.91. The quantitative estimate of drug-likeness (QED) is 0.612. The van der Waals surface area contributed by atoms with Crippen molar-refractivity contribution in [1.29, 1.82) is 0 Å². The lowest BCUT2D eigenvalue weighted by Gasteiger charge is -2.37. The Kier molecular flexibility index (Phi) is 2.10. The topological polar surface area (TPSA) is 34.1 Å². The Hall–Kier alpha value is -0.180. The van der Waals surface area contributed by atoms with Crippen molar-refractivity contribution in [3.8, 4) is 0 Å². The molecule has 0 aromatic carbocycles. The maximum atomic E-state index is 11.7. The summed E-state index contributed by atoms with van der Waals surface area (Å²) in [5.41, 5.74) is -0.206. The minimum atomic E-state index is -0.206. The summed E-state index contributed by atoms with van der Waals surface area (Å²) >= 11 is 3.42. The lowest BCUT2D eigenvalue weighted by atomic mass is 9.69. The normalized spacial score (nSPS) is 45.1. The number of carbonyl (C=O) groups is 2. The van der Waals surface area contributed by atoms with Crippen LogP contribution in [0.15, 0.2) is 0 Å². The molecule has 3 atom stereocenters. The van der Waals surface area contributed by atoms with Crippen LogP contribution in [-0.2, 0) is 9.59 Å². The van der Waals surface area contributed by atoms with Gasteiger partial charge in [-0.25, -0.2) is 0 Å². The Morgan fingerprint density at radius 2 is 2.08 bits per heavy atom. The summed E-state index contributed by atoms with van der Waals surface area (Å²) < 4.78 is 0. The van der Waals surface area contributed by atoms with Crippen LogP contribution in [0.5, 0.6) is 0 Å². The van der Waals surface area contributed by atoms with E-state index < -0.39 is 0 Å². The summed E-state index contributed by atoms with van der Waals surface area (Å²) in [4.78, 5) is 23.0. The van der Waals surface area contributed by atoms with Gasteiger partial charge in [0.1, 0.15) is 11.6 Å². The summed E-state index contributed by atoms with van der Waals surface area (Å²) in [6.07, 6.45) is 2.87. The molecule has 2 fully saturated rings. The highest BCUT2D eigenvalue weighted by Crippen LogP contribution is 2.50. The minimum absolute atomic E-state index is 0.0716. The monoisotopic (exact) mass is 244 g/mol. The highest BCUT2D eigenvalue weighted by molar-refractivity contribution is 9.10. The van der Waals surface area contributed by atoms with Gasteiger partial charge >= 0.3 is 0 Å². The Morgan fingerprint density at radius 1 is 1.38 bits per heavy atom. The SMILES string of the molecule is CC12CCC(=O)[C@H](Br)[C@@H]1CCC2=O. The second-order valence-electron chi connectivity index (χ2n) is 4.35. The molecule has 13 heavy (non-hydrogen) atoms. The van der Waals surface area contributed by atoms with E-state index in [9.17, 15) is 9.59 Å². The smallest absolute Gasteiger partial charge is 0.146 e. The van der Waals surface area contributed by atoms with Crippen molar-refractivity contribution in [3.05, 3.63) is 0 Å². The first kappa shape index (κ1) is 9.38. The first-order valence-corrected chi connectivity index (χ1v) is 5.67. The molecule has 0 aromatic heterocycles. The minimum Gasteiger partial charge on any atom is -0.299 e. The van der Waals surface area contributed by atoms with Crippen molar-refractivity contribution < 1.29 is 9.59 Å². The molecule has 0 bridgehead atoms. The van der Waals surface area contributed by atoms with E-state index in [1.165, 1.54) is 0 Å². The number of ketones is 2. The van der Waals surface area contributed by atoms with Crippen LogP contribution < -0.4 is 0 Å². The fraction of sp³-hybridized carbons (Fsp3) is 0.800. The van der Waals surface area contributed by atoms with Crippen molar-refractivity contribution in [1.82, 2.24) is 0 Å². The van der Waals surface area contributed by atoms with E-state index >= 15 is 0 Å². The molecule has 2 nitrogen and oxygen atoms in total. The van der Waals surface area contributed by atoms with Gasteiger partial charge in [-0.2, -0.15) is 0 Å². The Morgan fingerprint density at radius 3 is 2.77 bits per heavy atom. The molecule has 3 heteroatoms. The predicted octanol–water partition coefficient (Wildman–Crippen LogP) is 2.10. The zero-order valence-electron chi connectivity index (χ0n) is 7.68. The summed E-state index contributed by atoms with van der Waals surface area (Å²) in [5.74, 6) is 0.882. The predicted molar refractivity (Wildman–Crippen MR) is 52.8 cm³/mol. The molecule has 2 rings (SSSR count). The fourth-order valence-electron chi connectivity index (χ4n) is 2.64. The van der Waals surface area contributed by atoms with Crippen molar-refractivity contribution >= 4 is 27.5 Å². The van der Waals surface area contributed by atoms with Crippen molar-refractivity contribution in [2.75, 3.05) is 0 Å². The standard InChI is InChI=1S/C10H13BrO2/c1-10-5-4-7(12)9(11)6(10)2-3-8(10)13/h6,9H,2-5H2,1H3/t6-,9+,10?/m0/s1. The Labute approximate surface area is 86.2 Å². The van der Waals surface area contributed by atoms with E-state index in [4.69, 9.17) is 0 Å². The van der Waals surface area contributed by atoms with Crippen LogP contribution in [0.2, 0.25) is 0 Å². The molecule has 0 spiro atoms. The summed E-state index contributed by atoms with van der Waals surface area (Å²) in [7, 11) is 0. The highest BCUT2D eigenvalue weighted by Gasteiger charge is 2.52. The number of carbonyl (C=O) groups excluding carboxylic acids is 2. The Balaban J connectivity index is 2.31.